The third kappa shape index (κ3) is 6.72. The minimum absolute atomic E-state index is 0.160. The molecule has 6 nitrogen and oxygen atoms in total. The summed E-state index contributed by atoms with van der Waals surface area (Å²) in [5.41, 5.74) is 0.800. The van der Waals surface area contributed by atoms with Crippen LogP contribution in [-0.4, -0.2) is 48.0 Å². The van der Waals surface area contributed by atoms with Crippen molar-refractivity contribution >= 4 is 62.2 Å². The topological polar surface area (TPSA) is 65.1 Å². The number of nitrogens with zero attached hydrogens (tertiary/aromatic N) is 1. The first-order valence-electron chi connectivity index (χ1n) is 9.82. The average molecular weight is 516 g/mol. The number of amides is 1. The molecule has 0 N–H and O–H groups in total. The highest BCUT2D eigenvalue weighted by Crippen LogP contribution is 2.39. The first-order chi connectivity index (χ1) is 14.4. The van der Waals surface area contributed by atoms with E-state index in [9.17, 15) is 9.59 Å². The van der Waals surface area contributed by atoms with Gasteiger partial charge in [-0.25, -0.2) is 0 Å². The standard InChI is InChI=1S/C21H26BrNO5S2/c1-4-6-10-28-19-15(22)11-14(12-16(19)26-3)13-17-20(25)23(21(29)30-17)9-7-8-18(24)27-5-2/h11-13H,4-10H2,1-3H3/b17-13-. The average Bonchev–Trinajstić information content (AvgIpc) is 2.96. The molecular formula is C21H26BrNO5S2. The SMILES string of the molecule is CCCCOc1c(Br)cc(/C=C2\SC(=S)N(CCCC(=O)OCC)C2=O)cc1OC. The van der Waals surface area contributed by atoms with E-state index in [1.165, 1.54) is 16.7 Å². The quantitative estimate of drug-likeness (QED) is 0.174. The van der Waals surface area contributed by atoms with Crippen LogP contribution in [0.15, 0.2) is 21.5 Å². The molecule has 1 aromatic carbocycles. The van der Waals surface area contributed by atoms with Crippen LogP contribution in [0.4, 0.5) is 0 Å². The molecule has 0 bridgehead atoms. The molecule has 1 aromatic rings. The summed E-state index contributed by atoms with van der Waals surface area (Å²) in [6, 6.07) is 3.72. The van der Waals surface area contributed by atoms with Crippen LogP contribution >= 0.6 is 39.9 Å². The Hall–Kier alpha value is -1.58. The molecule has 0 aliphatic carbocycles. The van der Waals surface area contributed by atoms with Crippen molar-refractivity contribution in [1.82, 2.24) is 4.90 Å². The zero-order valence-corrected chi connectivity index (χ0v) is 20.6. The van der Waals surface area contributed by atoms with Gasteiger partial charge in [-0.3, -0.25) is 14.5 Å². The normalized spacial score (nSPS) is 15.1. The van der Waals surface area contributed by atoms with Gasteiger partial charge in [-0.1, -0.05) is 37.3 Å². The van der Waals surface area contributed by atoms with E-state index in [1.54, 1.807) is 20.1 Å². The summed E-state index contributed by atoms with van der Waals surface area (Å²) < 4.78 is 17.5. The molecule has 1 aliphatic rings. The third-order valence-corrected chi connectivity index (χ3v) is 6.20. The fraction of sp³-hybridized carbons (Fsp3) is 0.476. The number of ether oxygens (including phenoxy) is 3. The van der Waals surface area contributed by atoms with Crippen molar-refractivity contribution in [3.63, 3.8) is 0 Å². The van der Waals surface area contributed by atoms with Gasteiger partial charge in [0.1, 0.15) is 4.32 Å². The van der Waals surface area contributed by atoms with Crippen molar-refractivity contribution < 1.29 is 23.8 Å². The van der Waals surface area contributed by atoms with Crippen LogP contribution in [0, 0.1) is 0 Å². The second kappa shape index (κ2) is 12.3. The number of benzene rings is 1. The second-order valence-corrected chi connectivity index (χ2v) is 9.01. The van der Waals surface area contributed by atoms with Gasteiger partial charge in [-0.2, -0.15) is 0 Å². The van der Waals surface area contributed by atoms with Crippen LogP contribution in [0.2, 0.25) is 0 Å². The molecule has 9 heteroatoms. The second-order valence-electron chi connectivity index (χ2n) is 6.48. The molecule has 1 heterocycles. The molecule has 0 aromatic heterocycles. The summed E-state index contributed by atoms with van der Waals surface area (Å²) in [5.74, 6) is 0.815. The van der Waals surface area contributed by atoms with Gasteiger partial charge in [0.05, 0.1) is 29.7 Å². The molecule has 1 amide bonds. The summed E-state index contributed by atoms with van der Waals surface area (Å²) in [5, 5.41) is 0. The Labute approximate surface area is 195 Å². The third-order valence-electron chi connectivity index (χ3n) is 4.24. The van der Waals surface area contributed by atoms with Gasteiger partial charge in [0.2, 0.25) is 0 Å². The lowest BCUT2D eigenvalue weighted by Gasteiger charge is -2.14. The van der Waals surface area contributed by atoms with Crippen LogP contribution < -0.4 is 9.47 Å². The number of thioether (sulfide) groups is 1. The summed E-state index contributed by atoms with van der Waals surface area (Å²) >= 11 is 10.1. The Bertz CT molecular complexity index is 828. The van der Waals surface area contributed by atoms with E-state index in [4.69, 9.17) is 26.4 Å². The van der Waals surface area contributed by atoms with Crippen LogP contribution in [0.5, 0.6) is 11.5 Å². The lowest BCUT2D eigenvalue weighted by atomic mass is 10.1. The predicted octanol–water partition coefficient (Wildman–Crippen LogP) is 5.18. The maximum Gasteiger partial charge on any atom is 0.305 e. The highest BCUT2D eigenvalue weighted by atomic mass is 79.9. The molecular weight excluding hydrogens is 490 g/mol. The first-order valence-corrected chi connectivity index (χ1v) is 11.8. The predicted molar refractivity (Wildman–Crippen MR) is 127 cm³/mol. The monoisotopic (exact) mass is 515 g/mol. The van der Waals surface area contributed by atoms with Crippen LogP contribution in [0.1, 0.15) is 45.1 Å². The molecule has 1 saturated heterocycles. The smallest absolute Gasteiger partial charge is 0.305 e. The number of esters is 1. The Morgan fingerprint density at radius 1 is 1.30 bits per heavy atom. The van der Waals surface area contributed by atoms with Gasteiger partial charge >= 0.3 is 5.97 Å². The number of hydrogen-bond donors (Lipinski definition) is 0. The van der Waals surface area contributed by atoms with Crippen molar-refractivity contribution in [2.24, 2.45) is 0 Å². The lowest BCUT2D eigenvalue weighted by molar-refractivity contribution is -0.143. The lowest BCUT2D eigenvalue weighted by Crippen LogP contribution is -2.29. The number of hydrogen-bond acceptors (Lipinski definition) is 7. The van der Waals surface area contributed by atoms with E-state index in [0.717, 1.165) is 22.9 Å². The molecule has 1 fully saturated rings. The molecule has 0 saturated carbocycles. The van der Waals surface area contributed by atoms with Gasteiger partial charge in [0.15, 0.2) is 11.5 Å². The van der Waals surface area contributed by atoms with Crippen molar-refractivity contribution in [3.05, 3.63) is 27.1 Å². The molecule has 1 aliphatic heterocycles. The van der Waals surface area contributed by atoms with Gasteiger partial charge in [0.25, 0.3) is 5.91 Å². The van der Waals surface area contributed by atoms with E-state index >= 15 is 0 Å². The summed E-state index contributed by atoms with van der Waals surface area (Å²) in [6.45, 7) is 5.21. The molecule has 0 atom stereocenters. The highest BCUT2D eigenvalue weighted by Gasteiger charge is 2.31. The van der Waals surface area contributed by atoms with E-state index in [-0.39, 0.29) is 18.3 Å². The van der Waals surface area contributed by atoms with E-state index in [2.05, 4.69) is 22.9 Å². The summed E-state index contributed by atoms with van der Waals surface area (Å²) in [7, 11) is 1.58. The van der Waals surface area contributed by atoms with Gasteiger partial charge in [-0.05, 0) is 59.5 Å². The van der Waals surface area contributed by atoms with Crippen molar-refractivity contribution in [2.45, 2.75) is 39.5 Å². The number of unbranched alkanes of at least 4 members (excludes halogenated alkanes) is 1. The van der Waals surface area contributed by atoms with Crippen LogP contribution in [0.25, 0.3) is 6.08 Å². The number of halogens is 1. The number of methoxy groups -OCH3 is 1. The largest absolute Gasteiger partial charge is 0.493 e. The van der Waals surface area contributed by atoms with Crippen LogP contribution in [-0.2, 0) is 14.3 Å². The number of thiocarbonyl (C=S) groups is 1. The minimum Gasteiger partial charge on any atom is -0.493 e. The van der Waals surface area contributed by atoms with E-state index in [1.807, 2.05) is 12.1 Å². The number of carbonyl (C=O) groups excluding carboxylic acids is 2. The zero-order valence-electron chi connectivity index (χ0n) is 17.4. The molecule has 0 unspecified atom stereocenters. The Morgan fingerprint density at radius 2 is 2.07 bits per heavy atom. The highest BCUT2D eigenvalue weighted by molar-refractivity contribution is 9.10. The Kier molecular flexibility index (Phi) is 10.1. The fourth-order valence-electron chi connectivity index (χ4n) is 2.74. The van der Waals surface area contributed by atoms with E-state index < -0.39 is 0 Å². The van der Waals surface area contributed by atoms with Gasteiger partial charge in [0, 0.05) is 13.0 Å². The van der Waals surface area contributed by atoms with Gasteiger partial charge < -0.3 is 14.2 Å². The Morgan fingerprint density at radius 3 is 2.73 bits per heavy atom. The Balaban J connectivity index is 2.10. The molecule has 164 valence electrons. The summed E-state index contributed by atoms with van der Waals surface area (Å²) in [4.78, 5) is 26.3. The van der Waals surface area contributed by atoms with E-state index in [0.29, 0.717) is 46.9 Å². The van der Waals surface area contributed by atoms with Crippen molar-refractivity contribution in [1.29, 1.82) is 0 Å². The van der Waals surface area contributed by atoms with Gasteiger partial charge in [-0.15, -0.1) is 0 Å². The summed E-state index contributed by atoms with van der Waals surface area (Å²) in [6.07, 6.45) is 4.54. The minimum atomic E-state index is -0.267. The molecule has 0 spiro atoms. The zero-order chi connectivity index (χ0) is 22.1. The molecule has 0 radical (unpaired) electrons. The fourth-order valence-corrected chi connectivity index (χ4v) is 4.62. The van der Waals surface area contributed by atoms with Crippen LogP contribution in [0.3, 0.4) is 0 Å². The molecule has 2 rings (SSSR count). The van der Waals surface area contributed by atoms with Crippen molar-refractivity contribution in [2.75, 3.05) is 26.9 Å². The maximum absolute atomic E-state index is 12.8. The first kappa shape index (κ1) is 24.7. The maximum atomic E-state index is 12.8. The molecule has 30 heavy (non-hydrogen) atoms. The van der Waals surface area contributed by atoms with Crippen molar-refractivity contribution in [3.8, 4) is 11.5 Å². The number of carbonyl (C=O) groups is 2. The number of rotatable bonds is 11.